The van der Waals surface area contributed by atoms with Crippen molar-refractivity contribution < 1.29 is 9.47 Å². The average molecular weight is 286 g/mol. The lowest BCUT2D eigenvalue weighted by molar-refractivity contribution is -0.140. The van der Waals surface area contributed by atoms with Crippen molar-refractivity contribution in [3.05, 3.63) is 0 Å². The van der Waals surface area contributed by atoms with Gasteiger partial charge in [0.1, 0.15) is 5.72 Å². The van der Waals surface area contributed by atoms with Gasteiger partial charge in [-0.25, -0.2) is 0 Å². The zero-order valence-corrected chi connectivity index (χ0v) is 14.0. The van der Waals surface area contributed by atoms with Gasteiger partial charge in [-0.1, -0.05) is 13.8 Å². The monoisotopic (exact) mass is 286 g/mol. The summed E-state index contributed by atoms with van der Waals surface area (Å²) >= 11 is 0. The van der Waals surface area contributed by atoms with Crippen LogP contribution in [0.25, 0.3) is 0 Å². The fourth-order valence-electron chi connectivity index (χ4n) is 2.82. The molecule has 120 valence electrons. The number of nitrogens with zero attached hydrogens (tertiary/aromatic N) is 2. The third kappa shape index (κ3) is 6.53. The van der Waals surface area contributed by atoms with Crippen molar-refractivity contribution in [1.29, 1.82) is 0 Å². The lowest BCUT2D eigenvalue weighted by Gasteiger charge is -2.37. The van der Waals surface area contributed by atoms with E-state index >= 15 is 0 Å². The number of hydrogen-bond donors (Lipinski definition) is 0. The SMILES string of the molecule is CCCN(CC)C(C)(C)OCCOCCN1CCCC1. The molecular weight excluding hydrogens is 252 g/mol. The second kappa shape index (κ2) is 9.72. The summed E-state index contributed by atoms with van der Waals surface area (Å²) in [5, 5.41) is 0. The third-order valence-electron chi connectivity index (χ3n) is 4.07. The van der Waals surface area contributed by atoms with Gasteiger partial charge in [0, 0.05) is 13.1 Å². The number of hydrogen-bond acceptors (Lipinski definition) is 4. The van der Waals surface area contributed by atoms with Crippen LogP contribution >= 0.6 is 0 Å². The first-order chi connectivity index (χ1) is 9.60. The van der Waals surface area contributed by atoms with E-state index in [1.54, 1.807) is 0 Å². The van der Waals surface area contributed by atoms with Gasteiger partial charge in [-0.2, -0.15) is 0 Å². The Labute approximate surface area is 125 Å². The van der Waals surface area contributed by atoms with Crippen LogP contribution in [0.5, 0.6) is 0 Å². The Hall–Kier alpha value is -0.160. The molecule has 0 saturated carbocycles. The van der Waals surface area contributed by atoms with Crippen molar-refractivity contribution in [2.45, 2.75) is 52.7 Å². The zero-order valence-electron chi connectivity index (χ0n) is 14.0. The highest BCUT2D eigenvalue weighted by Gasteiger charge is 2.25. The van der Waals surface area contributed by atoms with E-state index in [1.807, 2.05) is 0 Å². The third-order valence-corrected chi connectivity index (χ3v) is 4.07. The minimum absolute atomic E-state index is 0.191. The molecule has 1 saturated heterocycles. The first kappa shape index (κ1) is 17.9. The first-order valence-corrected chi connectivity index (χ1v) is 8.29. The topological polar surface area (TPSA) is 24.9 Å². The maximum atomic E-state index is 5.99. The van der Waals surface area contributed by atoms with Crippen molar-refractivity contribution in [1.82, 2.24) is 9.80 Å². The molecule has 4 nitrogen and oxygen atoms in total. The molecule has 1 aliphatic heterocycles. The molecule has 0 aliphatic carbocycles. The Morgan fingerprint density at radius 3 is 2.35 bits per heavy atom. The van der Waals surface area contributed by atoms with Crippen molar-refractivity contribution in [3.8, 4) is 0 Å². The highest BCUT2D eigenvalue weighted by atomic mass is 16.5. The Morgan fingerprint density at radius 1 is 1.05 bits per heavy atom. The molecule has 0 aromatic heterocycles. The van der Waals surface area contributed by atoms with E-state index in [-0.39, 0.29) is 5.72 Å². The van der Waals surface area contributed by atoms with Gasteiger partial charge >= 0.3 is 0 Å². The van der Waals surface area contributed by atoms with Gasteiger partial charge in [-0.05, 0) is 52.7 Å². The van der Waals surface area contributed by atoms with Gasteiger partial charge in [-0.15, -0.1) is 0 Å². The Morgan fingerprint density at radius 2 is 1.75 bits per heavy atom. The first-order valence-electron chi connectivity index (χ1n) is 8.29. The van der Waals surface area contributed by atoms with Crippen LogP contribution in [0.2, 0.25) is 0 Å². The van der Waals surface area contributed by atoms with Crippen LogP contribution in [-0.4, -0.2) is 68.1 Å². The molecule has 0 N–H and O–H groups in total. The van der Waals surface area contributed by atoms with E-state index in [4.69, 9.17) is 9.47 Å². The van der Waals surface area contributed by atoms with Crippen molar-refractivity contribution in [3.63, 3.8) is 0 Å². The van der Waals surface area contributed by atoms with Crippen LogP contribution in [0.1, 0.15) is 47.0 Å². The van der Waals surface area contributed by atoms with Crippen LogP contribution in [0.3, 0.4) is 0 Å². The maximum Gasteiger partial charge on any atom is 0.116 e. The van der Waals surface area contributed by atoms with E-state index in [2.05, 4.69) is 37.5 Å². The molecular formula is C16H34N2O2. The molecule has 0 bridgehead atoms. The fraction of sp³-hybridized carbons (Fsp3) is 1.00. The summed E-state index contributed by atoms with van der Waals surface area (Å²) in [6.45, 7) is 16.6. The summed E-state index contributed by atoms with van der Waals surface area (Å²) < 4.78 is 11.7. The molecule has 0 atom stereocenters. The van der Waals surface area contributed by atoms with Crippen LogP contribution in [-0.2, 0) is 9.47 Å². The van der Waals surface area contributed by atoms with Crippen LogP contribution in [0.15, 0.2) is 0 Å². The molecule has 0 spiro atoms. The van der Waals surface area contributed by atoms with Crippen molar-refractivity contribution in [2.75, 3.05) is 52.5 Å². The smallest absolute Gasteiger partial charge is 0.116 e. The van der Waals surface area contributed by atoms with Crippen LogP contribution in [0, 0.1) is 0 Å². The Balaban J connectivity index is 2.06. The molecule has 1 fully saturated rings. The minimum atomic E-state index is -0.191. The summed E-state index contributed by atoms with van der Waals surface area (Å²) in [5.41, 5.74) is -0.191. The summed E-state index contributed by atoms with van der Waals surface area (Å²) in [7, 11) is 0. The average Bonchev–Trinajstić information content (AvgIpc) is 2.92. The normalized spacial score (nSPS) is 17.2. The van der Waals surface area contributed by atoms with E-state index in [9.17, 15) is 0 Å². The fourth-order valence-corrected chi connectivity index (χ4v) is 2.82. The van der Waals surface area contributed by atoms with E-state index in [1.165, 1.54) is 25.9 Å². The van der Waals surface area contributed by atoms with E-state index in [0.717, 1.165) is 32.7 Å². The van der Waals surface area contributed by atoms with Crippen LogP contribution in [0.4, 0.5) is 0 Å². The predicted octanol–water partition coefficient (Wildman–Crippen LogP) is 2.58. The lowest BCUT2D eigenvalue weighted by atomic mass is 10.2. The molecule has 1 heterocycles. The molecule has 0 aromatic carbocycles. The molecule has 20 heavy (non-hydrogen) atoms. The van der Waals surface area contributed by atoms with Crippen molar-refractivity contribution in [2.24, 2.45) is 0 Å². The molecule has 0 amide bonds. The maximum absolute atomic E-state index is 5.99. The molecule has 4 heteroatoms. The summed E-state index contributed by atoms with van der Waals surface area (Å²) in [6, 6.07) is 0. The van der Waals surface area contributed by atoms with E-state index in [0.29, 0.717) is 13.2 Å². The lowest BCUT2D eigenvalue weighted by Crippen LogP contribution is -2.47. The number of ether oxygens (including phenoxy) is 2. The van der Waals surface area contributed by atoms with Crippen LogP contribution < -0.4 is 0 Å². The highest BCUT2D eigenvalue weighted by molar-refractivity contribution is 4.70. The quantitative estimate of drug-likeness (QED) is 0.430. The van der Waals surface area contributed by atoms with Gasteiger partial charge < -0.3 is 14.4 Å². The Bertz CT molecular complexity index is 241. The van der Waals surface area contributed by atoms with Gasteiger partial charge in [0.15, 0.2) is 0 Å². The molecule has 0 aromatic rings. The highest BCUT2D eigenvalue weighted by Crippen LogP contribution is 2.16. The van der Waals surface area contributed by atoms with Crippen molar-refractivity contribution >= 4 is 0 Å². The van der Waals surface area contributed by atoms with Gasteiger partial charge in [0.05, 0.1) is 19.8 Å². The molecule has 0 radical (unpaired) electrons. The molecule has 0 unspecified atom stereocenters. The molecule has 1 aliphatic rings. The summed E-state index contributed by atoms with van der Waals surface area (Å²) in [5.74, 6) is 0. The zero-order chi connectivity index (χ0) is 14.8. The number of rotatable bonds is 11. The standard InChI is InChI=1S/C16H34N2O2/c1-5-9-18(6-2)16(3,4)20-15-14-19-13-12-17-10-7-8-11-17/h5-15H2,1-4H3. The molecule has 1 rings (SSSR count). The second-order valence-corrected chi connectivity index (χ2v) is 6.04. The largest absolute Gasteiger partial charge is 0.378 e. The Kier molecular flexibility index (Phi) is 8.69. The van der Waals surface area contributed by atoms with Gasteiger partial charge in [0.25, 0.3) is 0 Å². The summed E-state index contributed by atoms with van der Waals surface area (Å²) in [4.78, 5) is 4.85. The number of likely N-dealkylation sites (tertiary alicyclic amines) is 1. The predicted molar refractivity (Wildman–Crippen MR) is 84.1 cm³/mol. The second-order valence-electron chi connectivity index (χ2n) is 6.04. The minimum Gasteiger partial charge on any atom is -0.378 e. The van der Waals surface area contributed by atoms with E-state index < -0.39 is 0 Å². The van der Waals surface area contributed by atoms with Gasteiger partial charge in [0.2, 0.25) is 0 Å². The van der Waals surface area contributed by atoms with Gasteiger partial charge in [-0.3, -0.25) is 4.90 Å². The summed E-state index contributed by atoms with van der Waals surface area (Å²) in [6.07, 6.45) is 3.86.